The van der Waals surface area contributed by atoms with Crippen LogP contribution >= 0.6 is 0 Å². The summed E-state index contributed by atoms with van der Waals surface area (Å²) in [6.07, 6.45) is 0.746. The van der Waals surface area contributed by atoms with Gasteiger partial charge in [0.15, 0.2) is 9.84 Å². The van der Waals surface area contributed by atoms with E-state index >= 15 is 0 Å². The summed E-state index contributed by atoms with van der Waals surface area (Å²) >= 11 is 0. The molecule has 2 fully saturated rings. The lowest BCUT2D eigenvalue weighted by molar-refractivity contribution is -0.135. The number of anilines is 1. The molecule has 2 aromatic carbocycles. The number of rotatable bonds is 5. The zero-order valence-corrected chi connectivity index (χ0v) is 21.1. The first kappa shape index (κ1) is 23.5. The molecular weight excluding hydrogens is 464 g/mol. The summed E-state index contributed by atoms with van der Waals surface area (Å²) in [6, 6.07) is 13.7. The van der Waals surface area contributed by atoms with Crippen LogP contribution in [0.25, 0.3) is 10.8 Å². The zero-order valence-electron chi connectivity index (χ0n) is 20.3. The van der Waals surface area contributed by atoms with E-state index in [1.165, 1.54) is 0 Å². The molecular formula is C26H30N4O4S. The van der Waals surface area contributed by atoms with Gasteiger partial charge in [-0.05, 0) is 31.7 Å². The van der Waals surface area contributed by atoms with Crippen LogP contribution < -0.4 is 4.90 Å². The Hall–Kier alpha value is -3.20. The van der Waals surface area contributed by atoms with Crippen molar-refractivity contribution in [3.8, 4) is 0 Å². The maximum absolute atomic E-state index is 13.3. The summed E-state index contributed by atoms with van der Waals surface area (Å²) in [4.78, 5) is 29.7. The van der Waals surface area contributed by atoms with Gasteiger partial charge in [-0.25, -0.2) is 8.42 Å². The molecule has 184 valence electrons. The van der Waals surface area contributed by atoms with Gasteiger partial charge in [0, 0.05) is 43.2 Å². The van der Waals surface area contributed by atoms with Crippen molar-refractivity contribution in [2.45, 2.75) is 39.3 Å². The average Bonchev–Trinajstić information content (AvgIpc) is 3.48. The van der Waals surface area contributed by atoms with E-state index < -0.39 is 15.8 Å². The van der Waals surface area contributed by atoms with Crippen LogP contribution in [0.1, 0.15) is 35.8 Å². The van der Waals surface area contributed by atoms with Crippen molar-refractivity contribution in [3.05, 3.63) is 59.4 Å². The second-order valence-electron chi connectivity index (χ2n) is 9.75. The summed E-state index contributed by atoms with van der Waals surface area (Å²) in [5, 5.41) is 6.67. The Labute approximate surface area is 205 Å². The van der Waals surface area contributed by atoms with Gasteiger partial charge in [-0.2, -0.15) is 5.10 Å². The molecule has 2 atom stereocenters. The molecule has 1 aromatic heterocycles. The van der Waals surface area contributed by atoms with Crippen molar-refractivity contribution >= 4 is 38.1 Å². The summed E-state index contributed by atoms with van der Waals surface area (Å²) in [5.41, 5.74) is 3.46. The number of carbonyl (C=O) groups excluding carboxylic acids is 2. The molecule has 2 aliphatic rings. The molecule has 0 N–H and O–H groups in total. The molecule has 0 bridgehead atoms. The number of sulfone groups is 1. The fourth-order valence-electron chi connectivity index (χ4n) is 5.43. The molecule has 3 heterocycles. The number of hydrogen-bond donors (Lipinski definition) is 0. The Morgan fingerprint density at radius 3 is 2.63 bits per heavy atom. The predicted molar refractivity (Wildman–Crippen MR) is 135 cm³/mol. The molecule has 9 heteroatoms. The Balaban J connectivity index is 1.31. The average molecular weight is 495 g/mol. The number of hydrogen-bond acceptors (Lipinski definition) is 5. The topological polar surface area (TPSA) is 92.6 Å². The van der Waals surface area contributed by atoms with Gasteiger partial charge in [-0.1, -0.05) is 36.4 Å². The highest BCUT2D eigenvalue weighted by Gasteiger charge is 2.37. The molecule has 2 aliphatic heterocycles. The van der Waals surface area contributed by atoms with Crippen LogP contribution in [0.3, 0.4) is 0 Å². The number of amides is 2. The molecule has 3 aromatic rings. The van der Waals surface area contributed by atoms with Crippen LogP contribution in [0.5, 0.6) is 0 Å². The Morgan fingerprint density at radius 2 is 1.89 bits per heavy atom. The smallest absolute Gasteiger partial charge is 0.228 e. The van der Waals surface area contributed by atoms with Gasteiger partial charge in [0.2, 0.25) is 11.8 Å². The molecule has 2 amide bonds. The third-order valence-electron chi connectivity index (χ3n) is 7.33. The molecule has 35 heavy (non-hydrogen) atoms. The number of carbonyl (C=O) groups is 2. The Bertz CT molecular complexity index is 1420. The summed E-state index contributed by atoms with van der Waals surface area (Å²) < 4.78 is 25.7. The van der Waals surface area contributed by atoms with Crippen molar-refractivity contribution < 1.29 is 18.0 Å². The normalized spacial score (nSPS) is 21.7. The van der Waals surface area contributed by atoms with E-state index in [1.807, 2.05) is 61.0 Å². The highest BCUT2D eigenvalue weighted by atomic mass is 32.2. The summed E-state index contributed by atoms with van der Waals surface area (Å²) in [6.45, 7) is 4.55. The van der Waals surface area contributed by atoms with Crippen LogP contribution in [0.4, 0.5) is 5.69 Å². The third kappa shape index (κ3) is 4.33. The lowest BCUT2D eigenvalue weighted by atomic mass is 10.1. The lowest BCUT2D eigenvalue weighted by Gasteiger charge is -2.22. The molecule has 0 spiro atoms. The zero-order chi connectivity index (χ0) is 24.9. The number of benzene rings is 2. The maximum atomic E-state index is 13.3. The number of fused-ring (bicyclic) bond motifs is 1. The largest absolute Gasteiger partial charge is 0.341 e. The highest BCUT2D eigenvalue weighted by Crippen LogP contribution is 2.33. The lowest BCUT2D eigenvalue weighted by Crippen LogP contribution is -2.34. The second kappa shape index (κ2) is 8.78. The van der Waals surface area contributed by atoms with Crippen LogP contribution in [-0.4, -0.2) is 60.0 Å². The third-order valence-corrected chi connectivity index (χ3v) is 9.08. The van der Waals surface area contributed by atoms with E-state index in [4.69, 9.17) is 0 Å². The van der Waals surface area contributed by atoms with Crippen LogP contribution in [0, 0.1) is 19.8 Å². The van der Waals surface area contributed by atoms with E-state index in [1.54, 1.807) is 16.8 Å². The molecule has 2 unspecified atom stereocenters. The minimum Gasteiger partial charge on any atom is -0.341 e. The van der Waals surface area contributed by atoms with Crippen molar-refractivity contribution in [2.24, 2.45) is 5.92 Å². The fourth-order valence-corrected chi connectivity index (χ4v) is 7.12. The molecule has 0 radical (unpaired) electrons. The molecule has 8 nitrogen and oxygen atoms in total. The Morgan fingerprint density at radius 1 is 1.14 bits per heavy atom. The first-order valence-corrected chi connectivity index (χ1v) is 13.7. The molecule has 5 rings (SSSR count). The summed E-state index contributed by atoms with van der Waals surface area (Å²) in [7, 11) is -1.27. The van der Waals surface area contributed by atoms with Crippen molar-refractivity contribution in [1.29, 1.82) is 0 Å². The number of aryl methyl sites for hydroxylation is 1. The van der Waals surface area contributed by atoms with Gasteiger partial charge in [0.25, 0.3) is 0 Å². The Kier molecular flexibility index (Phi) is 5.91. The minimum absolute atomic E-state index is 0.0456. The summed E-state index contributed by atoms with van der Waals surface area (Å²) in [5.74, 6) is -0.238. The van der Waals surface area contributed by atoms with Crippen molar-refractivity contribution in [1.82, 2.24) is 14.7 Å². The van der Waals surface area contributed by atoms with Gasteiger partial charge in [0.1, 0.15) is 0 Å². The maximum Gasteiger partial charge on any atom is 0.228 e. The second-order valence-corrected chi connectivity index (χ2v) is 12.0. The molecule has 2 saturated heterocycles. The fraction of sp³-hybridized carbons (Fsp3) is 0.423. The minimum atomic E-state index is -3.02. The van der Waals surface area contributed by atoms with Crippen molar-refractivity contribution in [3.63, 3.8) is 0 Å². The molecule has 0 saturated carbocycles. The van der Waals surface area contributed by atoms with E-state index in [2.05, 4.69) is 5.10 Å². The van der Waals surface area contributed by atoms with Crippen molar-refractivity contribution in [2.75, 3.05) is 30.0 Å². The van der Waals surface area contributed by atoms with E-state index in [0.717, 1.165) is 33.4 Å². The predicted octanol–water partition coefficient (Wildman–Crippen LogP) is 3.02. The monoisotopic (exact) mass is 494 g/mol. The van der Waals surface area contributed by atoms with Crippen LogP contribution in [0.2, 0.25) is 0 Å². The SMILES string of the molecule is Cc1nn(C2CCS(=O)(=O)C2)c(C)c1CN(C)C(=O)C1CC(=O)N(c2cccc3ccccc23)C1. The van der Waals surface area contributed by atoms with Gasteiger partial charge < -0.3 is 9.80 Å². The van der Waals surface area contributed by atoms with Gasteiger partial charge in [-0.3, -0.25) is 14.3 Å². The van der Waals surface area contributed by atoms with Crippen LogP contribution in [0.15, 0.2) is 42.5 Å². The van der Waals surface area contributed by atoms with E-state index in [-0.39, 0.29) is 35.8 Å². The van der Waals surface area contributed by atoms with E-state index in [0.29, 0.717) is 19.5 Å². The highest BCUT2D eigenvalue weighted by molar-refractivity contribution is 7.91. The van der Waals surface area contributed by atoms with Gasteiger partial charge >= 0.3 is 0 Å². The quantitative estimate of drug-likeness (QED) is 0.544. The van der Waals surface area contributed by atoms with Crippen LogP contribution in [-0.2, 0) is 26.0 Å². The molecule has 0 aliphatic carbocycles. The van der Waals surface area contributed by atoms with E-state index in [9.17, 15) is 18.0 Å². The number of nitrogens with zero attached hydrogens (tertiary/aromatic N) is 4. The first-order valence-electron chi connectivity index (χ1n) is 11.9. The van der Waals surface area contributed by atoms with Gasteiger partial charge in [-0.15, -0.1) is 0 Å². The number of aromatic nitrogens is 2. The first-order chi connectivity index (χ1) is 16.6. The van der Waals surface area contributed by atoms with Gasteiger partial charge in [0.05, 0.1) is 34.8 Å². The standard InChI is InChI=1S/C26H30N4O4S/c1-17-23(18(2)30(27-17)21-11-12-35(33,34)16-21)15-28(3)26(32)20-13-25(31)29(14-20)24-10-6-8-19-7-4-5-9-22(19)24/h4-10,20-21H,11-16H2,1-3H3.